The van der Waals surface area contributed by atoms with Crippen molar-refractivity contribution < 1.29 is 14.3 Å². The van der Waals surface area contributed by atoms with E-state index in [1.807, 2.05) is 18.2 Å². The number of carbonyl (C=O) groups is 1. The molecule has 83 valence electrons. The summed E-state index contributed by atoms with van der Waals surface area (Å²) in [5, 5.41) is 12.2. The van der Waals surface area contributed by atoms with Crippen LogP contribution in [0.1, 0.15) is 17.5 Å². The molecular formula is C14H9O3. The van der Waals surface area contributed by atoms with Gasteiger partial charge in [-0.3, -0.25) is 4.79 Å². The molecule has 0 fully saturated rings. The number of phenols is 1. The standard InChI is InChI=1S/C14H9O3/c1-8(15)12-7-10-6-9-4-2-3-5-11(9)13(16)14(10)17-12/h2-5,7,16H,1H3. The molecule has 3 nitrogen and oxygen atoms in total. The number of ketones is 1. The molecule has 0 spiro atoms. The Balaban J connectivity index is 2.46. The Bertz CT molecular complexity index is 738. The molecule has 0 saturated heterocycles. The van der Waals surface area contributed by atoms with Crippen LogP contribution >= 0.6 is 0 Å². The van der Waals surface area contributed by atoms with E-state index in [0.717, 1.165) is 5.39 Å². The van der Waals surface area contributed by atoms with E-state index < -0.39 is 0 Å². The first-order valence-corrected chi connectivity index (χ1v) is 5.24. The number of benzene rings is 2. The molecule has 1 aromatic heterocycles. The van der Waals surface area contributed by atoms with Crippen LogP contribution in [0.4, 0.5) is 0 Å². The lowest BCUT2D eigenvalue weighted by Crippen LogP contribution is -1.85. The van der Waals surface area contributed by atoms with Gasteiger partial charge in [0, 0.05) is 23.8 Å². The average molecular weight is 225 g/mol. The topological polar surface area (TPSA) is 50.4 Å². The van der Waals surface area contributed by atoms with E-state index in [1.165, 1.54) is 6.92 Å². The Labute approximate surface area is 97.3 Å². The molecule has 3 aromatic rings. The zero-order chi connectivity index (χ0) is 12.0. The third-order valence-corrected chi connectivity index (χ3v) is 2.75. The van der Waals surface area contributed by atoms with E-state index in [1.54, 1.807) is 12.1 Å². The third-order valence-electron chi connectivity index (χ3n) is 2.75. The molecule has 1 heterocycles. The van der Waals surface area contributed by atoms with Gasteiger partial charge in [-0.15, -0.1) is 0 Å². The first-order chi connectivity index (χ1) is 8.16. The molecule has 0 aliphatic rings. The van der Waals surface area contributed by atoms with Gasteiger partial charge in [0.25, 0.3) is 0 Å². The predicted molar refractivity (Wildman–Crippen MR) is 64.2 cm³/mol. The van der Waals surface area contributed by atoms with Crippen molar-refractivity contribution in [2.45, 2.75) is 6.92 Å². The molecule has 0 amide bonds. The van der Waals surface area contributed by atoms with Gasteiger partial charge >= 0.3 is 0 Å². The summed E-state index contributed by atoms with van der Waals surface area (Å²) in [6.45, 7) is 1.43. The van der Waals surface area contributed by atoms with Crippen LogP contribution in [0.2, 0.25) is 0 Å². The van der Waals surface area contributed by atoms with E-state index >= 15 is 0 Å². The summed E-state index contributed by atoms with van der Waals surface area (Å²) in [7, 11) is 0. The van der Waals surface area contributed by atoms with Crippen molar-refractivity contribution in [2.24, 2.45) is 0 Å². The van der Waals surface area contributed by atoms with Crippen LogP contribution in [0.3, 0.4) is 0 Å². The second kappa shape index (κ2) is 3.35. The Hall–Kier alpha value is -2.29. The third kappa shape index (κ3) is 1.40. The van der Waals surface area contributed by atoms with Crippen molar-refractivity contribution in [3.05, 3.63) is 42.2 Å². The Morgan fingerprint density at radius 2 is 2.06 bits per heavy atom. The normalized spacial score (nSPS) is 11.1. The number of hydrogen-bond donors (Lipinski definition) is 1. The lowest BCUT2D eigenvalue weighted by molar-refractivity contribution is 0.0989. The van der Waals surface area contributed by atoms with Crippen LogP contribution in [0.25, 0.3) is 21.7 Å². The van der Waals surface area contributed by atoms with Crippen LogP contribution in [0.15, 0.2) is 34.7 Å². The smallest absolute Gasteiger partial charge is 0.194 e. The highest BCUT2D eigenvalue weighted by molar-refractivity contribution is 6.04. The molecular weight excluding hydrogens is 216 g/mol. The summed E-state index contributed by atoms with van der Waals surface area (Å²) < 4.78 is 5.34. The molecule has 3 heteroatoms. The fourth-order valence-corrected chi connectivity index (χ4v) is 1.90. The highest BCUT2D eigenvalue weighted by Crippen LogP contribution is 2.35. The van der Waals surface area contributed by atoms with Crippen LogP contribution in [-0.4, -0.2) is 10.9 Å². The van der Waals surface area contributed by atoms with Gasteiger partial charge in [0.2, 0.25) is 0 Å². The zero-order valence-corrected chi connectivity index (χ0v) is 9.15. The number of fused-ring (bicyclic) bond motifs is 2. The van der Waals surface area contributed by atoms with Gasteiger partial charge in [-0.05, 0) is 11.5 Å². The molecule has 0 aliphatic heterocycles. The Morgan fingerprint density at radius 3 is 2.82 bits per heavy atom. The molecule has 0 saturated carbocycles. The van der Waals surface area contributed by atoms with Gasteiger partial charge in [0.05, 0.1) is 0 Å². The highest BCUT2D eigenvalue weighted by Gasteiger charge is 2.13. The number of phenolic OH excluding ortho intramolecular Hbond substituents is 1. The zero-order valence-electron chi connectivity index (χ0n) is 9.15. The number of aromatic hydroxyl groups is 1. The summed E-state index contributed by atoms with van der Waals surface area (Å²) in [4.78, 5) is 11.2. The summed E-state index contributed by atoms with van der Waals surface area (Å²) in [5.41, 5.74) is 0.314. The molecule has 17 heavy (non-hydrogen) atoms. The first kappa shape index (κ1) is 9.90. The maximum absolute atomic E-state index is 11.2. The number of furan rings is 1. The molecule has 1 N–H and O–H groups in total. The van der Waals surface area contributed by atoms with Crippen molar-refractivity contribution in [1.29, 1.82) is 0 Å². The molecule has 2 aromatic carbocycles. The van der Waals surface area contributed by atoms with E-state index in [4.69, 9.17) is 4.42 Å². The van der Waals surface area contributed by atoms with Gasteiger partial charge in [-0.25, -0.2) is 0 Å². The summed E-state index contributed by atoms with van der Waals surface area (Å²) in [6.07, 6.45) is 0. The minimum atomic E-state index is -0.168. The average Bonchev–Trinajstić information content (AvgIpc) is 2.74. The lowest BCUT2D eigenvalue weighted by Gasteiger charge is -2.00. The van der Waals surface area contributed by atoms with Crippen molar-refractivity contribution in [2.75, 3.05) is 0 Å². The van der Waals surface area contributed by atoms with Crippen molar-refractivity contribution in [3.8, 4) is 5.75 Å². The summed E-state index contributed by atoms with van der Waals surface area (Å²) in [6, 6.07) is 12.1. The minimum absolute atomic E-state index is 0.0573. The second-order valence-electron chi connectivity index (χ2n) is 3.93. The number of hydrogen-bond acceptors (Lipinski definition) is 3. The molecule has 0 aliphatic carbocycles. The molecule has 0 atom stereocenters. The molecule has 3 rings (SSSR count). The van der Waals surface area contributed by atoms with Crippen LogP contribution in [0.5, 0.6) is 5.75 Å². The van der Waals surface area contributed by atoms with Crippen molar-refractivity contribution in [3.63, 3.8) is 0 Å². The van der Waals surface area contributed by atoms with E-state index in [2.05, 4.69) is 6.07 Å². The van der Waals surface area contributed by atoms with Crippen molar-refractivity contribution in [1.82, 2.24) is 0 Å². The minimum Gasteiger partial charge on any atom is -0.504 e. The highest BCUT2D eigenvalue weighted by atomic mass is 16.4. The van der Waals surface area contributed by atoms with Crippen LogP contribution in [0, 0.1) is 6.07 Å². The summed E-state index contributed by atoms with van der Waals surface area (Å²) in [5.74, 6) is 0.127. The van der Waals surface area contributed by atoms with E-state index in [0.29, 0.717) is 16.4 Å². The van der Waals surface area contributed by atoms with Gasteiger partial charge < -0.3 is 9.52 Å². The summed E-state index contributed by atoms with van der Waals surface area (Å²) >= 11 is 0. The lowest BCUT2D eigenvalue weighted by atomic mass is 10.1. The Morgan fingerprint density at radius 1 is 1.29 bits per heavy atom. The van der Waals surface area contributed by atoms with Gasteiger partial charge in [0.1, 0.15) is 0 Å². The fourth-order valence-electron chi connectivity index (χ4n) is 1.90. The number of carbonyl (C=O) groups excluding carboxylic acids is 1. The van der Waals surface area contributed by atoms with Crippen molar-refractivity contribution >= 4 is 27.5 Å². The van der Waals surface area contributed by atoms with E-state index in [-0.39, 0.29) is 17.3 Å². The predicted octanol–water partition coefficient (Wildman–Crippen LogP) is 3.29. The van der Waals surface area contributed by atoms with Crippen LogP contribution < -0.4 is 0 Å². The quantitative estimate of drug-likeness (QED) is 0.646. The molecule has 0 bridgehead atoms. The van der Waals surface area contributed by atoms with Gasteiger partial charge in [-0.1, -0.05) is 24.3 Å². The maximum atomic E-state index is 11.2. The maximum Gasteiger partial charge on any atom is 0.194 e. The van der Waals surface area contributed by atoms with Gasteiger partial charge in [0.15, 0.2) is 22.9 Å². The van der Waals surface area contributed by atoms with E-state index in [9.17, 15) is 9.90 Å². The van der Waals surface area contributed by atoms with Gasteiger partial charge in [-0.2, -0.15) is 0 Å². The Kier molecular flexibility index (Phi) is 1.95. The monoisotopic (exact) mass is 225 g/mol. The fraction of sp³-hybridized carbons (Fsp3) is 0.0714. The molecule has 1 radical (unpaired) electrons. The SMILES string of the molecule is CC(=O)c1cc2[c]c3ccccc3c(O)c2o1. The largest absolute Gasteiger partial charge is 0.504 e. The number of rotatable bonds is 1. The molecule has 0 unspecified atom stereocenters. The van der Waals surface area contributed by atoms with Crippen LogP contribution in [-0.2, 0) is 0 Å². The first-order valence-electron chi connectivity index (χ1n) is 5.24. The number of Topliss-reactive ketones (excluding diaryl/α,β-unsaturated/α-hetero) is 1. The second-order valence-corrected chi connectivity index (χ2v) is 3.93.